The zero-order chi connectivity index (χ0) is 19.8. The molecule has 10 heteroatoms. The maximum atomic E-state index is 11.7. The summed E-state index contributed by atoms with van der Waals surface area (Å²) in [5, 5.41) is 14.1. The Hall–Kier alpha value is -3.04. The summed E-state index contributed by atoms with van der Waals surface area (Å²) >= 11 is 0. The van der Waals surface area contributed by atoms with Gasteiger partial charge in [0.1, 0.15) is 5.75 Å². The van der Waals surface area contributed by atoms with Crippen molar-refractivity contribution in [3.8, 4) is 5.75 Å². The molecule has 1 aromatic carbocycles. The van der Waals surface area contributed by atoms with Crippen LogP contribution in [-0.2, 0) is 11.3 Å². The molecule has 0 aliphatic carbocycles. The molecule has 27 heavy (non-hydrogen) atoms. The van der Waals surface area contributed by atoms with Crippen molar-refractivity contribution in [1.29, 1.82) is 0 Å². The molecule has 1 aliphatic rings. The fraction of sp³-hybridized carbons (Fsp3) is 0.529. The average Bonchev–Trinajstić information content (AvgIpc) is 2.66. The van der Waals surface area contributed by atoms with E-state index in [1.165, 1.54) is 25.3 Å². The van der Waals surface area contributed by atoms with Crippen LogP contribution in [0.5, 0.6) is 5.75 Å². The number of nitrogens with one attached hydrogen (secondary N) is 1. The van der Waals surface area contributed by atoms with Crippen LogP contribution in [0.2, 0.25) is 0 Å². The SMILES string of the molecule is CCOC(=O)N1CCC(NC(N)=NCc2cc([N+](=O)[O-])ccc2OC)CC1. The largest absolute Gasteiger partial charge is 0.496 e. The standard InChI is InChI=1S/C17H25N5O5/c1-3-27-17(23)21-8-6-13(7-9-21)20-16(18)19-11-12-10-14(22(24)25)4-5-15(12)26-2/h4-5,10,13H,3,6-9,11H2,1-2H3,(H3,18,19,20). The molecule has 1 saturated heterocycles. The maximum Gasteiger partial charge on any atom is 0.409 e. The second-order valence-electron chi connectivity index (χ2n) is 6.06. The second-order valence-corrected chi connectivity index (χ2v) is 6.06. The minimum atomic E-state index is -0.467. The number of ether oxygens (including phenoxy) is 2. The normalized spacial score (nSPS) is 15.3. The molecule has 2 rings (SSSR count). The Morgan fingerprint density at radius 3 is 2.74 bits per heavy atom. The van der Waals surface area contributed by atoms with Gasteiger partial charge in [-0.1, -0.05) is 0 Å². The first kappa shape index (κ1) is 20.3. The van der Waals surface area contributed by atoms with E-state index in [2.05, 4.69) is 10.3 Å². The van der Waals surface area contributed by atoms with E-state index in [0.29, 0.717) is 31.0 Å². The number of nitro benzene ring substituents is 1. The lowest BCUT2D eigenvalue weighted by atomic mass is 10.1. The van der Waals surface area contributed by atoms with E-state index in [0.717, 1.165) is 12.8 Å². The van der Waals surface area contributed by atoms with Crippen molar-refractivity contribution in [2.75, 3.05) is 26.8 Å². The predicted molar refractivity (Wildman–Crippen MR) is 99.7 cm³/mol. The van der Waals surface area contributed by atoms with E-state index in [1.807, 2.05) is 0 Å². The molecule has 1 heterocycles. The van der Waals surface area contributed by atoms with Gasteiger partial charge in [-0.2, -0.15) is 0 Å². The number of rotatable bonds is 6. The lowest BCUT2D eigenvalue weighted by Gasteiger charge is -2.31. The predicted octanol–water partition coefficient (Wildman–Crippen LogP) is 1.63. The van der Waals surface area contributed by atoms with Crippen LogP contribution >= 0.6 is 0 Å². The van der Waals surface area contributed by atoms with Crippen LogP contribution in [0.3, 0.4) is 0 Å². The molecule has 0 aromatic heterocycles. The molecule has 0 radical (unpaired) electrons. The molecule has 0 spiro atoms. The summed E-state index contributed by atoms with van der Waals surface area (Å²) in [5.41, 5.74) is 6.49. The van der Waals surface area contributed by atoms with Gasteiger partial charge in [-0.25, -0.2) is 9.79 Å². The van der Waals surface area contributed by atoms with Crippen LogP contribution in [0.1, 0.15) is 25.3 Å². The summed E-state index contributed by atoms with van der Waals surface area (Å²) in [6, 6.07) is 4.45. The number of non-ortho nitro benzene ring substituents is 1. The summed E-state index contributed by atoms with van der Waals surface area (Å²) < 4.78 is 10.2. The fourth-order valence-electron chi connectivity index (χ4n) is 2.85. The Morgan fingerprint density at radius 1 is 1.44 bits per heavy atom. The first-order valence-corrected chi connectivity index (χ1v) is 8.74. The summed E-state index contributed by atoms with van der Waals surface area (Å²) in [7, 11) is 1.49. The molecule has 10 nitrogen and oxygen atoms in total. The van der Waals surface area contributed by atoms with E-state index in [4.69, 9.17) is 15.2 Å². The second kappa shape index (κ2) is 9.60. The molecule has 0 bridgehead atoms. The van der Waals surface area contributed by atoms with Crippen molar-refractivity contribution in [3.63, 3.8) is 0 Å². The number of hydrogen-bond donors (Lipinski definition) is 2. The number of piperidine rings is 1. The number of nitrogens with two attached hydrogens (primary N) is 1. The minimum Gasteiger partial charge on any atom is -0.496 e. The van der Waals surface area contributed by atoms with Gasteiger partial charge in [0.15, 0.2) is 5.96 Å². The molecule has 1 aromatic rings. The zero-order valence-electron chi connectivity index (χ0n) is 15.5. The fourth-order valence-corrected chi connectivity index (χ4v) is 2.85. The van der Waals surface area contributed by atoms with Gasteiger partial charge in [-0.15, -0.1) is 0 Å². The highest BCUT2D eigenvalue weighted by atomic mass is 16.6. The topological polar surface area (TPSA) is 132 Å². The van der Waals surface area contributed by atoms with Gasteiger partial charge in [-0.05, 0) is 25.8 Å². The number of guanidine groups is 1. The number of amides is 1. The van der Waals surface area contributed by atoms with Gasteiger partial charge in [0.05, 0.1) is 25.2 Å². The summed E-state index contributed by atoms with van der Waals surface area (Å²) in [4.78, 5) is 28.1. The number of hydrogen-bond acceptors (Lipinski definition) is 6. The van der Waals surface area contributed by atoms with E-state index in [1.54, 1.807) is 11.8 Å². The Labute approximate surface area is 157 Å². The third-order valence-electron chi connectivity index (χ3n) is 4.27. The molecule has 0 unspecified atom stereocenters. The third kappa shape index (κ3) is 5.73. The zero-order valence-corrected chi connectivity index (χ0v) is 15.5. The van der Waals surface area contributed by atoms with Crippen molar-refractivity contribution >= 4 is 17.7 Å². The van der Waals surface area contributed by atoms with Crippen molar-refractivity contribution in [1.82, 2.24) is 10.2 Å². The molecule has 148 valence electrons. The van der Waals surface area contributed by atoms with Gasteiger partial charge < -0.3 is 25.4 Å². The van der Waals surface area contributed by atoms with Crippen LogP contribution in [0.25, 0.3) is 0 Å². The van der Waals surface area contributed by atoms with Crippen LogP contribution in [-0.4, -0.2) is 54.7 Å². The summed E-state index contributed by atoms with van der Waals surface area (Å²) in [6.45, 7) is 3.47. The number of carbonyl (C=O) groups excluding carboxylic acids is 1. The number of nitro groups is 1. The molecular formula is C17H25N5O5. The molecule has 1 aliphatic heterocycles. The van der Waals surface area contributed by atoms with Crippen LogP contribution in [0.15, 0.2) is 23.2 Å². The van der Waals surface area contributed by atoms with Crippen LogP contribution in [0.4, 0.5) is 10.5 Å². The third-order valence-corrected chi connectivity index (χ3v) is 4.27. The summed E-state index contributed by atoms with van der Waals surface area (Å²) in [6.07, 6.45) is 1.17. The highest BCUT2D eigenvalue weighted by Crippen LogP contribution is 2.24. The molecular weight excluding hydrogens is 354 g/mol. The minimum absolute atomic E-state index is 0.0288. The average molecular weight is 379 g/mol. The first-order chi connectivity index (χ1) is 12.9. The molecule has 0 atom stereocenters. The van der Waals surface area contributed by atoms with Crippen molar-refractivity contribution in [2.24, 2.45) is 10.7 Å². The molecule has 3 N–H and O–H groups in total. The summed E-state index contributed by atoms with van der Waals surface area (Å²) in [5.74, 6) is 0.762. The molecule has 1 amide bonds. The Morgan fingerprint density at radius 2 is 2.15 bits per heavy atom. The number of aliphatic imine (C=N–C) groups is 1. The highest BCUT2D eigenvalue weighted by Gasteiger charge is 2.23. The smallest absolute Gasteiger partial charge is 0.409 e. The van der Waals surface area contributed by atoms with Gasteiger partial charge in [-0.3, -0.25) is 10.1 Å². The van der Waals surface area contributed by atoms with E-state index < -0.39 is 4.92 Å². The van der Waals surface area contributed by atoms with Crippen molar-refractivity contribution < 1.29 is 19.2 Å². The number of likely N-dealkylation sites (tertiary alicyclic amines) is 1. The number of carbonyl (C=O) groups is 1. The van der Waals surface area contributed by atoms with E-state index in [9.17, 15) is 14.9 Å². The van der Waals surface area contributed by atoms with E-state index >= 15 is 0 Å². The van der Waals surface area contributed by atoms with E-state index in [-0.39, 0.29) is 30.3 Å². The van der Waals surface area contributed by atoms with Crippen LogP contribution in [0, 0.1) is 10.1 Å². The number of methoxy groups -OCH3 is 1. The Bertz CT molecular complexity index is 701. The quantitative estimate of drug-likeness (QED) is 0.332. The lowest BCUT2D eigenvalue weighted by Crippen LogP contribution is -2.48. The van der Waals surface area contributed by atoms with Gasteiger partial charge in [0, 0.05) is 36.8 Å². The van der Waals surface area contributed by atoms with Crippen molar-refractivity contribution in [3.05, 3.63) is 33.9 Å². The Balaban J connectivity index is 1.91. The maximum absolute atomic E-state index is 11.7. The Kier molecular flexibility index (Phi) is 7.21. The molecule has 1 fully saturated rings. The monoisotopic (exact) mass is 379 g/mol. The van der Waals surface area contributed by atoms with Gasteiger partial charge >= 0.3 is 6.09 Å². The van der Waals surface area contributed by atoms with Gasteiger partial charge in [0.25, 0.3) is 5.69 Å². The lowest BCUT2D eigenvalue weighted by molar-refractivity contribution is -0.384. The number of nitrogens with zero attached hydrogens (tertiary/aromatic N) is 3. The van der Waals surface area contributed by atoms with Crippen molar-refractivity contribution in [2.45, 2.75) is 32.4 Å². The van der Waals surface area contributed by atoms with Crippen LogP contribution < -0.4 is 15.8 Å². The number of benzene rings is 1. The highest BCUT2D eigenvalue weighted by molar-refractivity contribution is 5.78. The van der Waals surface area contributed by atoms with Gasteiger partial charge in [0.2, 0.25) is 0 Å². The first-order valence-electron chi connectivity index (χ1n) is 8.74. The molecule has 0 saturated carbocycles.